The van der Waals surface area contributed by atoms with E-state index in [4.69, 9.17) is 4.74 Å². The zero-order valence-corrected chi connectivity index (χ0v) is 11.5. The minimum atomic E-state index is -3.35. The molecule has 0 saturated carbocycles. The Bertz CT molecular complexity index is 541. The lowest BCUT2D eigenvalue weighted by Crippen LogP contribution is -2.23. The van der Waals surface area contributed by atoms with Crippen molar-refractivity contribution in [1.29, 1.82) is 0 Å². The zero-order valence-electron chi connectivity index (χ0n) is 10.7. The van der Waals surface area contributed by atoms with Gasteiger partial charge in [0.05, 0.1) is 11.5 Å². The lowest BCUT2D eigenvalue weighted by molar-refractivity contribution is 0.187. The Morgan fingerprint density at radius 3 is 2.44 bits per heavy atom. The highest BCUT2D eigenvalue weighted by Gasteiger charge is 2.28. The molecule has 0 bridgehead atoms. The average Bonchev–Trinajstić information content (AvgIpc) is 2.39. The number of benzene rings is 1. The van der Waals surface area contributed by atoms with E-state index in [1.54, 1.807) is 19.1 Å². The zero-order chi connectivity index (χ0) is 13.2. The largest absolute Gasteiger partial charge is 0.497 e. The van der Waals surface area contributed by atoms with Gasteiger partial charge >= 0.3 is 0 Å². The predicted molar refractivity (Wildman–Crippen MR) is 71.1 cm³/mol. The van der Waals surface area contributed by atoms with Crippen LogP contribution in [-0.2, 0) is 14.6 Å². The molecule has 1 unspecified atom stereocenters. The summed E-state index contributed by atoms with van der Waals surface area (Å²) in [7, 11) is -3.35. The molecule has 0 radical (unpaired) electrons. The molecule has 0 fully saturated rings. The Balaban J connectivity index is 2.30. The van der Waals surface area contributed by atoms with Crippen molar-refractivity contribution in [3.8, 4) is 0 Å². The van der Waals surface area contributed by atoms with Crippen molar-refractivity contribution in [3.63, 3.8) is 0 Å². The fourth-order valence-electron chi connectivity index (χ4n) is 1.94. The summed E-state index contributed by atoms with van der Waals surface area (Å²) in [5.41, 5.74) is 1.05. The summed E-state index contributed by atoms with van der Waals surface area (Å²) in [5, 5.41) is -0.611. The molecule has 1 heterocycles. The SMILES string of the molecule is Cc1ccc(S(=O)(=O)C(C)C2=CCCCO2)cc1. The summed E-state index contributed by atoms with van der Waals surface area (Å²) in [5.74, 6) is 0.585. The molecule has 4 heteroatoms. The lowest BCUT2D eigenvalue weighted by atomic mass is 10.2. The summed E-state index contributed by atoms with van der Waals surface area (Å²) in [4.78, 5) is 0.357. The monoisotopic (exact) mass is 266 g/mol. The van der Waals surface area contributed by atoms with Gasteiger partial charge in [-0.1, -0.05) is 17.7 Å². The molecule has 1 aromatic rings. The molecule has 1 aliphatic heterocycles. The Hall–Kier alpha value is -1.29. The molecular formula is C14H18O3S. The minimum Gasteiger partial charge on any atom is -0.497 e. The average molecular weight is 266 g/mol. The first kappa shape index (κ1) is 13.1. The smallest absolute Gasteiger partial charge is 0.188 e. The van der Waals surface area contributed by atoms with E-state index in [2.05, 4.69) is 0 Å². The van der Waals surface area contributed by atoms with Gasteiger partial charge in [0, 0.05) is 0 Å². The Morgan fingerprint density at radius 1 is 1.22 bits per heavy atom. The summed E-state index contributed by atoms with van der Waals surface area (Å²) in [6.45, 7) is 4.23. The van der Waals surface area contributed by atoms with Crippen LogP contribution in [0.5, 0.6) is 0 Å². The second-order valence-electron chi connectivity index (χ2n) is 4.60. The van der Waals surface area contributed by atoms with Gasteiger partial charge < -0.3 is 4.74 Å². The molecule has 98 valence electrons. The first-order valence-corrected chi connectivity index (χ1v) is 7.70. The third-order valence-electron chi connectivity index (χ3n) is 3.18. The fourth-order valence-corrected chi connectivity index (χ4v) is 3.34. The number of allylic oxidation sites excluding steroid dienone is 1. The number of hydrogen-bond acceptors (Lipinski definition) is 3. The van der Waals surface area contributed by atoms with Crippen LogP contribution in [0.1, 0.15) is 25.3 Å². The van der Waals surface area contributed by atoms with Crippen LogP contribution in [0.2, 0.25) is 0 Å². The van der Waals surface area contributed by atoms with Crippen LogP contribution < -0.4 is 0 Å². The Labute approximate surface area is 108 Å². The summed E-state index contributed by atoms with van der Waals surface area (Å²) in [6, 6.07) is 6.94. The third kappa shape index (κ3) is 2.58. The van der Waals surface area contributed by atoms with E-state index in [1.165, 1.54) is 0 Å². The molecule has 0 saturated heterocycles. The maximum absolute atomic E-state index is 12.4. The van der Waals surface area contributed by atoms with Crippen molar-refractivity contribution >= 4 is 9.84 Å². The van der Waals surface area contributed by atoms with Crippen molar-refractivity contribution in [2.75, 3.05) is 6.61 Å². The van der Waals surface area contributed by atoms with Crippen LogP contribution in [0.3, 0.4) is 0 Å². The van der Waals surface area contributed by atoms with Crippen LogP contribution in [0.25, 0.3) is 0 Å². The summed E-state index contributed by atoms with van der Waals surface area (Å²) >= 11 is 0. The maximum atomic E-state index is 12.4. The molecule has 1 atom stereocenters. The summed E-state index contributed by atoms with van der Waals surface area (Å²) in [6.07, 6.45) is 3.74. The highest BCUT2D eigenvalue weighted by atomic mass is 32.2. The van der Waals surface area contributed by atoms with Gasteiger partial charge in [0.2, 0.25) is 0 Å². The number of sulfone groups is 1. The highest BCUT2D eigenvalue weighted by molar-refractivity contribution is 7.92. The van der Waals surface area contributed by atoms with Gasteiger partial charge in [-0.05, 0) is 44.9 Å². The molecule has 0 spiro atoms. The number of hydrogen-bond donors (Lipinski definition) is 0. The van der Waals surface area contributed by atoms with Gasteiger partial charge in [-0.15, -0.1) is 0 Å². The van der Waals surface area contributed by atoms with Crippen LogP contribution in [0, 0.1) is 6.92 Å². The summed E-state index contributed by atoms with van der Waals surface area (Å²) < 4.78 is 30.3. The van der Waals surface area contributed by atoms with Crippen molar-refractivity contribution in [2.24, 2.45) is 0 Å². The van der Waals surface area contributed by atoms with Crippen LogP contribution in [0.4, 0.5) is 0 Å². The van der Waals surface area contributed by atoms with E-state index >= 15 is 0 Å². The standard InChI is InChI=1S/C14H18O3S/c1-11-6-8-13(9-7-11)18(15,16)12(2)14-5-3-4-10-17-14/h5-9,12H,3-4,10H2,1-2H3. The van der Waals surface area contributed by atoms with E-state index < -0.39 is 15.1 Å². The van der Waals surface area contributed by atoms with Crippen LogP contribution in [-0.4, -0.2) is 20.3 Å². The molecule has 0 N–H and O–H groups in total. The molecule has 2 rings (SSSR count). The molecule has 1 aliphatic rings. The first-order valence-electron chi connectivity index (χ1n) is 6.15. The third-order valence-corrected chi connectivity index (χ3v) is 5.27. The molecule has 0 aromatic heterocycles. The van der Waals surface area contributed by atoms with Crippen molar-refractivity contribution in [1.82, 2.24) is 0 Å². The van der Waals surface area contributed by atoms with Crippen molar-refractivity contribution in [2.45, 2.75) is 36.8 Å². The molecule has 18 heavy (non-hydrogen) atoms. The van der Waals surface area contributed by atoms with Crippen molar-refractivity contribution in [3.05, 3.63) is 41.7 Å². The second kappa shape index (κ2) is 5.14. The predicted octanol–water partition coefficient (Wildman–Crippen LogP) is 2.85. The Kier molecular flexibility index (Phi) is 3.76. The number of ether oxygens (including phenoxy) is 1. The van der Waals surface area contributed by atoms with Gasteiger partial charge in [-0.25, -0.2) is 8.42 Å². The van der Waals surface area contributed by atoms with E-state index in [0.717, 1.165) is 18.4 Å². The van der Waals surface area contributed by atoms with Gasteiger partial charge in [0.15, 0.2) is 9.84 Å². The molecule has 1 aromatic carbocycles. The maximum Gasteiger partial charge on any atom is 0.188 e. The number of rotatable bonds is 3. The second-order valence-corrected chi connectivity index (χ2v) is 6.87. The van der Waals surface area contributed by atoms with Gasteiger partial charge in [-0.2, -0.15) is 0 Å². The molecule has 0 aliphatic carbocycles. The fraction of sp³-hybridized carbons (Fsp3) is 0.429. The molecular weight excluding hydrogens is 248 g/mol. The Morgan fingerprint density at radius 2 is 1.89 bits per heavy atom. The topological polar surface area (TPSA) is 43.4 Å². The van der Waals surface area contributed by atoms with E-state index in [9.17, 15) is 8.42 Å². The van der Waals surface area contributed by atoms with Crippen LogP contribution in [0.15, 0.2) is 41.0 Å². The normalized spacial score (nSPS) is 17.8. The number of aryl methyl sites for hydroxylation is 1. The lowest BCUT2D eigenvalue weighted by Gasteiger charge is -2.21. The first-order chi connectivity index (χ1) is 8.51. The quantitative estimate of drug-likeness (QED) is 0.845. The molecule has 3 nitrogen and oxygen atoms in total. The van der Waals surface area contributed by atoms with Gasteiger partial charge in [0.25, 0.3) is 0 Å². The minimum absolute atomic E-state index is 0.357. The van der Waals surface area contributed by atoms with Gasteiger partial charge in [0.1, 0.15) is 11.0 Å². The highest BCUT2D eigenvalue weighted by Crippen LogP contribution is 2.24. The van der Waals surface area contributed by atoms with E-state index in [-0.39, 0.29) is 0 Å². The van der Waals surface area contributed by atoms with E-state index in [0.29, 0.717) is 17.3 Å². The van der Waals surface area contributed by atoms with Crippen molar-refractivity contribution < 1.29 is 13.2 Å². The van der Waals surface area contributed by atoms with E-state index in [1.807, 2.05) is 25.1 Å². The van der Waals surface area contributed by atoms with Gasteiger partial charge in [-0.3, -0.25) is 0 Å². The molecule has 0 amide bonds. The van der Waals surface area contributed by atoms with Crippen LogP contribution >= 0.6 is 0 Å².